The third-order valence-electron chi connectivity index (χ3n) is 2.79. The van der Waals surface area contributed by atoms with Gasteiger partial charge >= 0.3 is 0 Å². The predicted molar refractivity (Wildman–Crippen MR) is 74.4 cm³/mol. The van der Waals surface area contributed by atoms with Crippen molar-refractivity contribution in [1.82, 2.24) is 19.5 Å². The number of nitrogen functional groups attached to an aromatic ring is 1. The summed E-state index contributed by atoms with van der Waals surface area (Å²) in [5, 5.41) is 3.05. The van der Waals surface area contributed by atoms with Crippen molar-refractivity contribution in [3.63, 3.8) is 0 Å². The Morgan fingerprint density at radius 1 is 1.32 bits per heavy atom. The summed E-state index contributed by atoms with van der Waals surface area (Å²) in [4.78, 5) is 13.1. The molecule has 6 nitrogen and oxygen atoms in total. The number of fused-ring (bicyclic) bond motifs is 1. The molecular weight excluding hydrogens is 262 g/mol. The molecule has 0 fully saturated rings. The maximum Gasteiger partial charge on any atom is 0.215 e. The molecule has 0 radical (unpaired) electrons. The normalized spacial score (nSPS) is 11.1. The Kier molecular flexibility index (Phi) is 2.83. The van der Waals surface area contributed by atoms with E-state index in [1.807, 2.05) is 22.9 Å². The zero-order chi connectivity index (χ0) is 13.4. The lowest BCUT2D eigenvalue weighted by Crippen LogP contribution is -2.06. The summed E-state index contributed by atoms with van der Waals surface area (Å²) in [6, 6.07) is 3.62. The molecule has 0 amide bonds. The fraction of sp³-hybridized carbons (Fsp3) is 0.250. The van der Waals surface area contributed by atoms with Gasteiger partial charge in [-0.15, -0.1) is 11.3 Å². The van der Waals surface area contributed by atoms with Gasteiger partial charge in [-0.2, -0.15) is 4.98 Å². The molecule has 7 heteroatoms. The van der Waals surface area contributed by atoms with Gasteiger partial charge in [-0.25, -0.2) is 9.97 Å². The molecule has 0 aromatic carbocycles. The third-order valence-corrected chi connectivity index (χ3v) is 3.61. The van der Waals surface area contributed by atoms with Crippen molar-refractivity contribution < 1.29 is 4.74 Å². The van der Waals surface area contributed by atoms with Crippen LogP contribution in [-0.2, 0) is 6.54 Å². The van der Waals surface area contributed by atoms with Crippen LogP contribution in [-0.4, -0.2) is 26.6 Å². The van der Waals surface area contributed by atoms with Crippen molar-refractivity contribution in [1.29, 1.82) is 0 Å². The van der Waals surface area contributed by atoms with E-state index in [-0.39, 0.29) is 0 Å². The van der Waals surface area contributed by atoms with Gasteiger partial charge in [-0.05, 0) is 13.0 Å². The molecule has 98 valence electrons. The zero-order valence-electron chi connectivity index (χ0n) is 10.6. The number of nitrogens with zero attached hydrogens (tertiary/aromatic N) is 4. The van der Waals surface area contributed by atoms with Crippen LogP contribution in [0.25, 0.3) is 11.2 Å². The van der Waals surface area contributed by atoms with Crippen LogP contribution in [0.3, 0.4) is 0 Å². The molecule has 0 saturated heterocycles. The molecule has 0 atom stereocenters. The van der Waals surface area contributed by atoms with E-state index in [1.165, 1.54) is 0 Å². The summed E-state index contributed by atoms with van der Waals surface area (Å²) in [5.74, 6) is 0.976. The molecule has 3 heterocycles. The quantitative estimate of drug-likeness (QED) is 0.789. The van der Waals surface area contributed by atoms with E-state index in [0.29, 0.717) is 24.0 Å². The number of aryl methyl sites for hydroxylation is 1. The number of hydrogen-bond donors (Lipinski definition) is 1. The van der Waals surface area contributed by atoms with E-state index in [0.717, 1.165) is 16.2 Å². The van der Waals surface area contributed by atoms with Gasteiger partial charge in [0.2, 0.25) is 11.8 Å². The minimum Gasteiger partial charge on any atom is -0.481 e. The second-order valence-electron chi connectivity index (χ2n) is 4.11. The maximum atomic E-state index is 5.95. The van der Waals surface area contributed by atoms with Gasteiger partial charge in [0.1, 0.15) is 5.52 Å². The number of anilines is 1. The van der Waals surface area contributed by atoms with Crippen LogP contribution in [0.1, 0.15) is 10.7 Å². The Bertz CT molecular complexity index is 733. The fourth-order valence-corrected chi connectivity index (χ4v) is 2.52. The Morgan fingerprint density at radius 3 is 2.84 bits per heavy atom. The second kappa shape index (κ2) is 4.51. The summed E-state index contributed by atoms with van der Waals surface area (Å²) in [6.45, 7) is 2.54. The average Bonchev–Trinajstić information content (AvgIpc) is 2.94. The number of aromatic nitrogens is 4. The van der Waals surface area contributed by atoms with Crippen LogP contribution in [0.2, 0.25) is 0 Å². The van der Waals surface area contributed by atoms with Crippen LogP contribution >= 0.6 is 11.3 Å². The van der Waals surface area contributed by atoms with Gasteiger partial charge in [0, 0.05) is 11.4 Å². The monoisotopic (exact) mass is 275 g/mol. The minimum absolute atomic E-state index is 0.432. The van der Waals surface area contributed by atoms with Gasteiger partial charge in [0.15, 0.2) is 5.65 Å². The highest BCUT2D eigenvalue weighted by atomic mass is 32.1. The van der Waals surface area contributed by atoms with Crippen molar-refractivity contribution in [3.05, 3.63) is 28.2 Å². The van der Waals surface area contributed by atoms with E-state index in [1.54, 1.807) is 24.5 Å². The van der Waals surface area contributed by atoms with Crippen molar-refractivity contribution >= 4 is 28.4 Å². The number of thiazole rings is 1. The maximum absolute atomic E-state index is 5.95. The number of hydrogen-bond acceptors (Lipinski definition) is 6. The van der Waals surface area contributed by atoms with Crippen LogP contribution in [0.15, 0.2) is 17.5 Å². The zero-order valence-corrected chi connectivity index (χ0v) is 11.4. The lowest BCUT2D eigenvalue weighted by Gasteiger charge is -2.04. The fourth-order valence-electron chi connectivity index (χ4n) is 1.91. The Morgan fingerprint density at radius 2 is 2.16 bits per heavy atom. The molecule has 0 aliphatic carbocycles. The van der Waals surface area contributed by atoms with Crippen LogP contribution in [0.5, 0.6) is 5.88 Å². The standard InChI is InChI=1S/C12H13N5OS/c1-7-14-8(6-19-7)5-17-11-9(15-12(17)13)3-4-10(16-11)18-2/h3-4,6H,5H2,1-2H3,(H2,13,15). The SMILES string of the molecule is COc1ccc2nc(N)n(Cc3csc(C)n3)c2n1. The molecule has 19 heavy (non-hydrogen) atoms. The van der Waals surface area contributed by atoms with Crippen LogP contribution in [0.4, 0.5) is 5.95 Å². The third kappa shape index (κ3) is 2.12. The smallest absolute Gasteiger partial charge is 0.215 e. The molecule has 0 bridgehead atoms. The van der Waals surface area contributed by atoms with E-state index in [9.17, 15) is 0 Å². The van der Waals surface area contributed by atoms with E-state index in [4.69, 9.17) is 10.5 Å². The first kappa shape index (κ1) is 11.9. The van der Waals surface area contributed by atoms with Crippen molar-refractivity contribution in [3.8, 4) is 5.88 Å². The largest absolute Gasteiger partial charge is 0.481 e. The summed E-state index contributed by atoms with van der Waals surface area (Å²) >= 11 is 1.61. The Labute approximate surface area is 113 Å². The molecule has 0 aliphatic heterocycles. The van der Waals surface area contributed by atoms with E-state index in [2.05, 4.69) is 15.0 Å². The van der Waals surface area contributed by atoms with Gasteiger partial charge in [0.05, 0.1) is 24.4 Å². The molecule has 0 aliphatic rings. The molecular formula is C12H13N5OS. The summed E-state index contributed by atoms with van der Waals surface area (Å²) in [5.41, 5.74) is 8.37. The number of nitrogens with two attached hydrogens (primary N) is 1. The second-order valence-corrected chi connectivity index (χ2v) is 5.17. The average molecular weight is 275 g/mol. The number of pyridine rings is 1. The first-order valence-electron chi connectivity index (χ1n) is 5.75. The molecule has 3 aromatic heterocycles. The van der Waals surface area contributed by atoms with E-state index >= 15 is 0 Å². The summed E-state index contributed by atoms with van der Waals surface area (Å²) in [6.07, 6.45) is 0. The minimum atomic E-state index is 0.432. The first-order chi connectivity index (χ1) is 9.17. The predicted octanol–water partition coefficient (Wildman–Crippen LogP) is 1.84. The lowest BCUT2D eigenvalue weighted by atomic mass is 10.4. The van der Waals surface area contributed by atoms with Gasteiger partial charge in [-0.3, -0.25) is 4.57 Å². The molecule has 0 spiro atoms. The number of methoxy groups -OCH3 is 1. The van der Waals surface area contributed by atoms with Gasteiger partial charge in [0.25, 0.3) is 0 Å². The van der Waals surface area contributed by atoms with Gasteiger partial charge < -0.3 is 10.5 Å². The van der Waals surface area contributed by atoms with Crippen molar-refractivity contribution in [2.45, 2.75) is 13.5 Å². The summed E-state index contributed by atoms with van der Waals surface area (Å²) < 4.78 is 6.97. The van der Waals surface area contributed by atoms with Crippen molar-refractivity contribution in [2.75, 3.05) is 12.8 Å². The number of ether oxygens (including phenoxy) is 1. The molecule has 0 saturated carbocycles. The Hall–Kier alpha value is -2.15. The van der Waals surface area contributed by atoms with Crippen LogP contribution < -0.4 is 10.5 Å². The topological polar surface area (TPSA) is 78.9 Å². The highest BCUT2D eigenvalue weighted by Gasteiger charge is 2.12. The van der Waals surface area contributed by atoms with Gasteiger partial charge in [-0.1, -0.05) is 0 Å². The van der Waals surface area contributed by atoms with Crippen LogP contribution in [0, 0.1) is 6.92 Å². The van der Waals surface area contributed by atoms with E-state index < -0.39 is 0 Å². The summed E-state index contributed by atoms with van der Waals surface area (Å²) in [7, 11) is 1.59. The molecule has 2 N–H and O–H groups in total. The van der Waals surface area contributed by atoms with Crippen molar-refractivity contribution in [2.24, 2.45) is 0 Å². The molecule has 0 unspecified atom stereocenters. The number of imidazole rings is 1. The Balaban J connectivity index is 2.08. The lowest BCUT2D eigenvalue weighted by molar-refractivity contribution is 0.399. The molecule has 3 aromatic rings. The first-order valence-corrected chi connectivity index (χ1v) is 6.63. The number of rotatable bonds is 3. The highest BCUT2D eigenvalue weighted by molar-refractivity contribution is 7.09. The highest BCUT2D eigenvalue weighted by Crippen LogP contribution is 2.21. The molecule has 3 rings (SSSR count).